The summed E-state index contributed by atoms with van der Waals surface area (Å²) in [4.78, 5) is 3.35. The van der Waals surface area contributed by atoms with Crippen LogP contribution in [-0.2, 0) is 6.42 Å². The summed E-state index contributed by atoms with van der Waals surface area (Å²) in [7, 11) is 1.96. The lowest BCUT2D eigenvalue weighted by Gasteiger charge is -2.19. The standard InChI is InChI=1S/C14H23NO2S/c1-3-18-14-6-4-12(5-7-14)8-9-15(2)10-13(17)11-16/h4-7,13,16-17H,3,8-11H2,1-2H3. The second kappa shape index (κ2) is 8.53. The molecule has 0 aliphatic rings. The minimum atomic E-state index is -0.640. The molecule has 0 aromatic heterocycles. The first-order chi connectivity index (χ1) is 8.65. The molecule has 18 heavy (non-hydrogen) atoms. The van der Waals surface area contributed by atoms with Crippen molar-refractivity contribution >= 4 is 11.8 Å². The maximum atomic E-state index is 9.33. The van der Waals surface area contributed by atoms with Crippen LogP contribution in [0.5, 0.6) is 0 Å². The van der Waals surface area contributed by atoms with Crippen LogP contribution in [0, 0.1) is 0 Å². The van der Waals surface area contributed by atoms with Gasteiger partial charge in [0.15, 0.2) is 0 Å². The largest absolute Gasteiger partial charge is 0.394 e. The molecule has 1 rings (SSSR count). The van der Waals surface area contributed by atoms with Gasteiger partial charge in [0, 0.05) is 18.0 Å². The zero-order chi connectivity index (χ0) is 13.4. The van der Waals surface area contributed by atoms with Crippen LogP contribution >= 0.6 is 11.8 Å². The van der Waals surface area contributed by atoms with Gasteiger partial charge in [0.2, 0.25) is 0 Å². The number of benzene rings is 1. The van der Waals surface area contributed by atoms with Gasteiger partial charge in [-0.15, -0.1) is 11.8 Å². The summed E-state index contributed by atoms with van der Waals surface area (Å²) in [6.07, 6.45) is 0.324. The molecular weight excluding hydrogens is 246 g/mol. The van der Waals surface area contributed by atoms with Gasteiger partial charge in [-0.3, -0.25) is 0 Å². The van der Waals surface area contributed by atoms with Gasteiger partial charge in [-0.1, -0.05) is 19.1 Å². The number of hydrogen-bond acceptors (Lipinski definition) is 4. The van der Waals surface area contributed by atoms with E-state index in [9.17, 15) is 5.11 Å². The van der Waals surface area contributed by atoms with Gasteiger partial charge in [0.25, 0.3) is 0 Å². The molecule has 1 atom stereocenters. The normalized spacial score (nSPS) is 12.9. The Morgan fingerprint density at radius 1 is 1.28 bits per heavy atom. The molecular formula is C14H23NO2S. The third kappa shape index (κ3) is 5.87. The lowest BCUT2D eigenvalue weighted by Crippen LogP contribution is -2.32. The molecule has 0 fully saturated rings. The molecule has 0 aliphatic carbocycles. The van der Waals surface area contributed by atoms with Crippen LogP contribution in [0.4, 0.5) is 0 Å². The van der Waals surface area contributed by atoms with E-state index in [0.29, 0.717) is 6.54 Å². The van der Waals surface area contributed by atoms with E-state index in [2.05, 4.69) is 31.2 Å². The number of likely N-dealkylation sites (N-methyl/N-ethyl adjacent to an activating group) is 1. The number of thioether (sulfide) groups is 1. The van der Waals surface area contributed by atoms with Crippen LogP contribution in [0.1, 0.15) is 12.5 Å². The minimum Gasteiger partial charge on any atom is -0.394 e. The predicted molar refractivity (Wildman–Crippen MR) is 77.1 cm³/mol. The highest BCUT2D eigenvalue weighted by Gasteiger charge is 2.06. The third-order valence-electron chi connectivity index (χ3n) is 2.75. The summed E-state index contributed by atoms with van der Waals surface area (Å²) < 4.78 is 0. The van der Waals surface area contributed by atoms with Gasteiger partial charge in [-0.05, 0) is 36.9 Å². The molecule has 1 aromatic rings. The highest BCUT2D eigenvalue weighted by atomic mass is 32.2. The molecule has 0 saturated heterocycles. The smallest absolute Gasteiger partial charge is 0.0897 e. The van der Waals surface area contributed by atoms with Crippen LogP contribution in [0.15, 0.2) is 29.2 Å². The van der Waals surface area contributed by atoms with Crippen molar-refractivity contribution < 1.29 is 10.2 Å². The quantitative estimate of drug-likeness (QED) is 0.704. The highest BCUT2D eigenvalue weighted by molar-refractivity contribution is 7.99. The van der Waals surface area contributed by atoms with Crippen molar-refractivity contribution in [1.29, 1.82) is 0 Å². The second-order valence-electron chi connectivity index (χ2n) is 4.43. The van der Waals surface area contributed by atoms with Gasteiger partial charge < -0.3 is 15.1 Å². The summed E-state index contributed by atoms with van der Waals surface area (Å²) in [5.41, 5.74) is 1.31. The van der Waals surface area contributed by atoms with Crippen LogP contribution in [-0.4, -0.2) is 53.7 Å². The molecule has 0 heterocycles. The fourth-order valence-electron chi connectivity index (χ4n) is 1.75. The fourth-order valence-corrected chi connectivity index (χ4v) is 2.41. The molecule has 4 heteroatoms. The Hall–Kier alpha value is -0.550. The number of aliphatic hydroxyl groups excluding tert-OH is 2. The average Bonchev–Trinajstić information content (AvgIpc) is 2.38. The zero-order valence-corrected chi connectivity index (χ0v) is 12.0. The summed E-state index contributed by atoms with van der Waals surface area (Å²) in [6.45, 7) is 3.38. The maximum Gasteiger partial charge on any atom is 0.0897 e. The molecule has 0 spiro atoms. The first-order valence-electron chi connectivity index (χ1n) is 6.35. The van der Waals surface area contributed by atoms with E-state index in [4.69, 9.17) is 5.11 Å². The molecule has 102 valence electrons. The molecule has 0 saturated carbocycles. The SMILES string of the molecule is CCSc1ccc(CCN(C)CC(O)CO)cc1. The van der Waals surface area contributed by atoms with Crippen molar-refractivity contribution in [3.63, 3.8) is 0 Å². The molecule has 2 N–H and O–H groups in total. The molecule has 1 unspecified atom stereocenters. The Morgan fingerprint density at radius 3 is 2.50 bits per heavy atom. The molecule has 0 bridgehead atoms. The molecule has 3 nitrogen and oxygen atoms in total. The monoisotopic (exact) mass is 269 g/mol. The topological polar surface area (TPSA) is 43.7 Å². The van der Waals surface area contributed by atoms with E-state index < -0.39 is 6.10 Å². The average molecular weight is 269 g/mol. The number of aliphatic hydroxyl groups is 2. The van der Waals surface area contributed by atoms with E-state index >= 15 is 0 Å². The Balaban J connectivity index is 2.34. The van der Waals surface area contributed by atoms with E-state index in [1.807, 2.05) is 23.7 Å². The molecule has 0 radical (unpaired) electrons. The van der Waals surface area contributed by atoms with E-state index in [1.165, 1.54) is 10.5 Å². The van der Waals surface area contributed by atoms with E-state index in [1.54, 1.807) is 0 Å². The summed E-state index contributed by atoms with van der Waals surface area (Å²) in [6, 6.07) is 8.64. The first-order valence-corrected chi connectivity index (χ1v) is 7.33. The zero-order valence-electron chi connectivity index (χ0n) is 11.2. The molecule has 0 aliphatic heterocycles. The van der Waals surface area contributed by atoms with Crippen LogP contribution in [0.2, 0.25) is 0 Å². The fraction of sp³-hybridized carbons (Fsp3) is 0.571. The van der Waals surface area contributed by atoms with Gasteiger partial charge in [0.1, 0.15) is 0 Å². The van der Waals surface area contributed by atoms with Crippen molar-refractivity contribution in [2.45, 2.75) is 24.3 Å². The van der Waals surface area contributed by atoms with Crippen LogP contribution in [0.25, 0.3) is 0 Å². The van der Waals surface area contributed by atoms with Gasteiger partial charge >= 0.3 is 0 Å². The van der Waals surface area contributed by atoms with Crippen molar-refractivity contribution in [1.82, 2.24) is 4.90 Å². The van der Waals surface area contributed by atoms with Crippen LogP contribution < -0.4 is 0 Å². The Labute approximate surface area is 114 Å². The lowest BCUT2D eigenvalue weighted by molar-refractivity contribution is 0.0669. The molecule has 0 amide bonds. The Bertz CT molecular complexity index is 329. The van der Waals surface area contributed by atoms with E-state index in [-0.39, 0.29) is 6.61 Å². The van der Waals surface area contributed by atoms with Crippen molar-refractivity contribution in [2.24, 2.45) is 0 Å². The number of rotatable bonds is 8. The summed E-state index contributed by atoms with van der Waals surface area (Å²) in [5, 5.41) is 18.1. The van der Waals surface area contributed by atoms with Gasteiger partial charge in [0.05, 0.1) is 12.7 Å². The third-order valence-corrected chi connectivity index (χ3v) is 3.64. The second-order valence-corrected chi connectivity index (χ2v) is 5.76. The Morgan fingerprint density at radius 2 is 1.94 bits per heavy atom. The van der Waals surface area contributed by atoms with Crippen LogP contribution in [0.3, 0.4) is 0 Å². The first kappa shape index (κ1) is 15.5. The number of hydrogen-bond donors (Lipinski definition) is 2. The highest BCUT2D eigenvalue weighted by Crippen LogP contribution is 2.17. The predicted octanol–water partition coefficient (Wildman–Crippen LogP) is 1.63. The number of nitrogens with zero attached hydrogens (tertiary/aromatic N) is 1. The minimum absolute atomic E-state index is 0.173. The van der Waals surface area contributed by atoms with Gasteiger partial charge in [-0.25, -0.2) is 0 Å². The summed E-state index contributed by atoms with van der Waals surface area (Å²) >= 11 is 1.85. The van der Waals surface area contributed by atoms with Crippen molar-refractivity contribution in [3.8, 4) is 0 Å². The maximum absolute atomic E-state index is 9.33. The lowest BCUT2D eigenvalue weighted by atomic mass is 10.1. The molecule has 1 aromatic carbocycles. The van der Waals surface area contributed by atoms with Crippen molar-refractivity contribution in [2.75, 3.05) is 32.5 Å². The van der Waals surface area contributed by atoms with E-state index in [0.717, 1.165) is 18.7 Å². The summed E-state index contributed by atoms with van der Waals surface area (Å²) in [5.74, 6) is 1.10. The van der Waals surface area contributed by atoms with Crippen molar-refractivity contribution in [3.05, 3.63) is 29.8 Å². The van der Waals surface area contributed by atoms with Gasteiger partial charge in [-0.2, -0.15) is 0 Å². The Kier molecular flexibility index (Phi) is 7.35.